The summed E-state index contributed by atoms with van der Waals surface area (Å²) in [6, 6.07) is 8.16. The van der Waals surface area contributed by atoms with E-state index in [0.717, 1.165) is 5.56 Å². The SMILES string of the molecule is Cc1cccc(CNc2nc(Cl)nc3c2ncn3[C@@H]2O[C@H](CO)C[C@H]2OC(C)(C)O)c1. The van der Waals surface area contributed by atoms with Crippen LogP contribution in [0.5, 0.6) is 0 Å². The van der Waals surface area contributed by atoms with Crippen molar-refractivity contribution in [3.05, 3.63) is 47.0 Å². The van der Waals surface area contributed by atoms with E-state index in [1.54, 1.807) is 24.7 Å². The molecule has 0 amide bonds. The monoisotopic (exact) mass is 447 g/mol. The van der Waals surface area contributed by atoms with Crippen LogP contribution in [0.2, 0.25) is 5.28 Å². The molecule has 3 heterocycles. The molecule has 1 fully saturated rings. The fourth-order valence-corrected chi connectivity index (χ4v) is 3.93. The van der Waals surface area contributed by atoms with Gasteiger partial charge in [0.1, 0.15) is 6.10 Å². The second kappa shape index (κ2) is 8.68. The summed E-state index contributed by atoms with van der Waals surface area (Å²) in [5.41, 5.74) is 3.28. The van der Waals surface area contributed by atoms with E-state index >= 15 is 0 Å². The smallest absolute Gasteiger partial charge is 0.226 e. The Morgan fingerprint density at radius 3 is 2.87 bits per heavy atom. The number of nitrogens with zero attached hydrogens (tertiary/aromatic N) is 4. The van der Waals surface area contributed by atoms with E-state index in [1.165, 1.54) is 5.56 Å². The minimum atomic E-state index is -1.36. The van der Waals surface area contributed by atoms with Crippen molar-refractivity contribution in [1.82, 2.24) is 19.5 Å². The molecule has 0 saturated carbocycles. The van der Waals surface area contributed by atoms with E-state index in [9.17, 15) is 10.2 Å². The zero-order valence-electron chi connectivity index (χ0n) is 17.6. The Morgan fingerprint density at radius 1 is 1.35 bits per heavy atom. The van der Waals surface area contributed by atoms with Gasteiger partial charge in [-0.05, 0) is 37.9 Å². The highest BCUT2D eigenvalue weighted by molar-refractivity contribution is 6.28. The van der Waals surface area contributed by atoms with Crippen molar-refractivity contribution in [2.45, 2.75) is 58.0 Å². The van der Waals surface area contributed by atoms with E-state index in [2.05, 4.69) is 26.3 Å². The molecule has 3 N–H and O–H groups in total. The van der Waals surface area contributed by atoms with Gasteiger partial charge in [0, 0.05) is 13.0 Å². The first-order chi connectivity index (χ1) is 14.7. The summed E-state index contributed by atoms with van der Waals surface area (Å²) in [6.07, 6.45) is 0.433. The molecule has 1 saturated heterocycles. The first kappa shape index (κ1) is 21.9. The van der Waals surface area contributed by atoms with Gasteiger partial charge in [-0.25, -0.2) is 4.98 Å². The van der Waals surface area contributed by atoms with E-state index in [-0.39, 0.29) is 11.9 Å². The molecule has 1 aromatic carbocycles. The number of aromatic nitrogens is 4. The summed E-state index contributed by atoms with van der Waals surface area (Å²) >= 11 is 6.21. The molecule has 0 unspecified atom stereocenters. The van der Waals surface area contributed by atoms with E-state index < -0.39 is 24.2 Å². The van der Waals surface area contributed by atoms with Crippen molar-refractivity contribution < 1.29 is 19.7 Å². The van der Waals surface area contributed by atoms with Crippen LogP contribution in [0.3, 0.4) is 0 Å². The molecule has 0 bridgehead atoms. The number of hydrogen-bond acceptors (Lipinski definition) is 8. The third kappa shape index (κ3) is 4.97. The molecular formula is C21H26ClN5O4. The lowest BCUT2D eigenvalue weighted by Gasteiger charge is -2.27. The molecule has 2 aromatic heterocycles. The Hall–Kier alpha value is -2.30. The van der Waals surface area contributed by atoms with E-state index in [0.29, 0.717) is 29.9 Å². The number of anilines is 1. The normalized spacial score (nSPS) is 21.7. The van der Waals surface area contributed by atoms with Gasteiger partial charge in [-0.3, -0.25) is 4.57 Å². The van der Waals surface area contributed by atoms with Gasteiger partial charge in [-0.15, -0.1) is 0 Å². The molecule has 1 aliphatic heterocycles. The lowest BCUT2D eigenvalue weighted by molar-refractivity contribution is -0.222. The van der Waals surface area contributed by atoms with Gasteiger partial charge in [0.25, 0.3) is 0 Å². The molecule has 10 heteroatoms. The maximum Gasteiger partial charge on any atom is 0.226 e. The van der Waals surface area contributed by atoms with Gasteiger partial charge in [-0.2, -0.15) is 9.97 Å². The molecule has 166 valence electrons. The highest BCUT2D eigenvalue weighted by Crippen LogP contribution is 2.36. The van der Waals surface area contributed by atoms with Crippen molar-refractivity contribution in [1.29, 1.82) is 0 Å². The van der Waals surface area contributed by atoms with Gasteiger partial charge in [0.15, 0.2) is 29.0 Å². The second-order valence-corrected chi connectivity index (χ2v) is 8.52. The van der Waals surface area contributed by atoms with Crippen LogP contribution in [-0.4, -0.2) is 54.3 Å². The minimum absolute atomic E-state index is 0.0673. The van der Waals surface area contributed by atoms with Gasteiger partial charge in [-0.1, -0.05) is 29.8 Å². The van der Waals surface area contributed by atoms with Crippen LogP contribution in [0.25, 0.3) is 11.2 Å². The van der Waals surface area contributed by atoms with Gasteiger partial charge >= 0.3 is 0 Å². The molecule has 3 aromatic rings. The zero-order valence-corrected chi connectivity index (χ0v) is 18.4. The van der Waals surface area contributed by atoms with Crippen LogP contribution >= 0.6 is 11.6 Å². The summed E-state index contributed by atoms with van der Waals surface area (Å²) in [7, 11) is 0. The quantitative estimate of drug-likeness (QED) is 0.374. The number of rotatable bonds is 7. The number of fused-ring (bicyclic) bond motifs is 1. The Labute approximate surface area is 185 Å². The van der Waals surface area contributed by atoms with Gasteiger partial charge in [0.05, 0.1) is 19.0 Å². The Morgan fingerprint density at radius 2 is 2.16 bits per heavy atom. The van der Waals surface area contributed by atoms with Crippen LogP contribution in [0, 0.1) is 6.92 Å². The van der Waals surface area contributed by atoms with Crippen molar-refractivity contribution in [3.63, 3.8) is 0 Å². The lowest BCUT2D eigenvalue weighted by Crippen LogP contribution is -2.33. The topological polar surface area (TPSA) is 115 Å². The second-order valence-electron chi connectivity index (χ2n) is 8.18. The summed E-state index contributed by atoms with van der Waals surface area (Å²) in [5.74, 6) is -0.855. The summed E-state index contributed by atoms with van der Waals surface area (Å²) in [5, 5.41) is 23.1. The Bertz CT molecular complexity index is 1070. The van der Waals surface area contributed by atoms with Crippen molar-refractivity contribution in [2.75, 3.05) is 11.9 Å². The zero-order chi connectivity index (χ0) is 22.2. The van der Waals surface area contributed by atoms with Crippen LogP contribution in [0.15, 0.2) is 30.6 Å². The summed E-state index contributed by atoms with van der Waals surface area (Å²) in [4.78, 5) is 13.1. The predicted octanol–water partition coefficient (Wildman–Crippen LogP) is 2.79. The summed E-state index contributed by atoms with van der Waals surface area (Å²) in [6.45, 7) is 5.53. The maximum atomic E-state index is 10.1. The van der Waals surface area contributed by atoms with Crippen LogP contribution in [0.1, 0.15) is 37.6 Å². The maximum absolute atomic E-state index is 10.1. The standard InChI is InChI=1S/C21H26ClN5O4/c1-12-5-4-6-13(7-12)9-23-17-16-18(26-20(22)25-17)27(11-24-16)19-15(31-21(2,3)29)8-14(10-28)30-19/h4-7,11,14-15,19,28-29H,8-10H2,1-3H3,(H,23,25,26)/t14-,15+,19+/m0/s1. The number of ether oxygens (including phenoxy) is 2. The molecule has 4 rings (SSSR count). The van der Waals surface area contributed by atoms with Crippen molar-refractivity contribution in [2.24, 2.45) is 0 Å². The number of hydrogen-bond donors (Lipinski definition) is 3. The van der Waals surface area contributed by atoms with Crippen molar-refractivity contribution in [3.8, 4) is 0 Å². The number of aryl methyl sites for hydroxylation is 1. The first-order valence-electron chi connectivity index (χ1n) is 10.1. The third-order valence-corrected chi connectivity index (χ3v) is 5.17. The molecule has 3 atom stereocenters. The molecule has 9 nitrogen and oxygen atoms in total. The van der Waals surface area contributed by atoms with E-state index in [4.69, 9.17) is 21.1 Å². The molecule has 1 aliphatic rings. The first-order valence-corrected chi connectivity index (χ1v) is 10.5. The lowest BCUT2D eigenvalue weighted by atomic mass is 10.1. The van der Waals surface area contributed by atoms with Crippen LogP contribution in [0.4, 0.5) is 5.82 Å². The van der Waals surface area contributed by atoms with Crippen LogP contribution < -0.4 is 5.32 Å². The van der Waals surface area contributed by atoms with Crippen molar-refractivity contribution >= 4 is 28.6 Å². The third-order valence-electron chi connectivity index (χ3n) is 5.00. The average Bonchev–Trinajstić information content (AvgIpc) is 3.28. The molecular weight excluding hydrogens is 422 g/mol. The largest absolute Gasteiger partial charge is 0.394 e. The number of aliphatic hydroxyl groups is 2. The summed E-state index contributed by atoms with van der Waals surface area (Å²) < 4.78 is 13.4. The Balaban J connectivity index is 1.65. The van der Waals surface area contributed by atoms with Crippen LogP contribution in [-0.2, 0) is 16.0 Å². The van der Waals surface area contributed by atoms with Gasteiger partial charge in [0.2, 0.25) is 5.28 Å². The number of halogens is 1. The molecule has 31 heavy (non-hydrogen) atoms. The number of imidazole rings is 1. The average molecular weight is 448 g/mol. The van der Waals surface area contributed by atoms with E-state index in [1.807, 2.05) is 25.1 Å². The number of nitrogens with one attached hydrogen (secondary N) is 1. The highest BCUT2D eigenvalue weighted by atomic mass is 35.5. The molecule has 0 aliphatic carbocycles. The molecule has 0 spiro atoms. The number of benzene rings is 1. The fourth-order valence-electron chi connectivity index (χ4n) is 3.76. The minimum Gasteiger partial charge on any atom is -0.394 e. The number of aliphatic hydroxyl groups excluding tert-OH is 1. The molecule has 0 radical (unpaired) electrons. The fraction of sp³-hybridized carbons (Fsp3) is 0.476. The Kier molecular flexibility index (Phi) is 6.14. The predicted molar refractivity (Wildman–Crippen MR) is 116 cm³/mol. The van der Waals surface area contributed by atoms with Gasteiger partial charge < -0.3 is 25.0 Å². The highest BCUT2D eigenvalue weighted by Gasteiger charge is 2.40.